The zero-order valence-corrected chi connectivity index (χ0v) is 22.8. The van der Waals surface area contributed by atoms with Gasteiger partial charge in [-0.3, -0.25) is 0 Å². The first-order chi connectivity index (χ1) is 17.4. The number of aromatic hydroxyl groups is 1. The largest absolute Gasteiger partial charge is 0.507 e. The van der Waals surface area contributed by atoms with Crippen molar-refractivity contribution in [1.29, 1.82) is 0 Å². The van der Waals surface area contributed by atoms with Crippen molar-refractivity contribution in [2.24, 2.45) is 0 Å². The quantitative estimate of drug-likeness (QED) is 0.311. The number of phenols is 1. The molecule has 0 bridgehead atoms. The molecule has 1 heterocycles. The number of thioether (sulfide) groups is 1. The van der Waals surface area contributed by atoms with E-state index in [-0.39, 0.29) is 29.1 Å². The predicted octanol–water partition coefficient (Wildman–Crippen LogP) is 6.80. The summed E-state index contributed by atoms with van der Waals surface area (Å²) >= 11 is 1.53. The average Bonchev–Trinajstić information content (AvgIpc) is 2.97. The van der Waals surface area contributed by atoms with Crippen LogP contribution < -0.4 is 4.74 Å². The highest BCUT2D eigenvalue weighted by Crippen LogP contribution is 2.45. The standard InChI is InChI=1S/C29H35NO4S2/c1-4-6-12-23-17-25(22-10-8-7-9-11-22)26-18-28(35-5-2)27(31)19-29(26)36(32,33)30(23)20-21-13-15-24(34-3)16-14-21/h7-11,13-16,18-19,23,25,31H,4-6,12,17,20H2,1-3H3. The number of hydrogen-bond acceptors (Lipinski definition) is 5. The summed E-state index contributed by atoms with van der Waals surface area (Å²) in [5.74, 6) is 1.46. The zero-order chi connectivity index (χ0) is 25.7. The van der Waals surface area contributed by atoms with Crippen molar-refractivity contribution in [3.63, 3.8) is 0 Å². The molecule has 0 amide bonds. The topological polar surface area (TPSA) is 66.8 Å². The summed E-state index contributed by atoms with van der Waals surface area (Å²) < 4.78 is 35.6. The summed E-state index contributed by atoms with van der Waals surface area (Å²) in [5, 5.41) is 10.8. The Bertz CT molecular complexity index is 1260. The molecule has 1 aliphatic heterocycles. The van der Waals surface area contributed by atoms with Crippen molar-refractivity contribution < 1.29 is 18.3 Å². The van der Waals surface area contributed by atoms with Gasteiger partial charge < -0.3 is 9.84 Å². The molecule has 0 spiro atoms. The molecule has 192 valence electrons. The van der Waals surface area contributed by atoms with Gasteiger partial charge in [0.15, 0.2) is 0 Å². The summed E-state index contributed by atoms with van der Waals surface area (Å²) in [5.41, 5.74) is 2.77. The number of ether oxygens (including phenoxy) is 1. The molecule has 3 aromatic rings. The van der Waals surface area contributed by atoms with Crippen LogP contribution in [0, 0.1) is 0 Å². The molecular weight excluding hydrogens is 490 g/mol. The van der Waals surface area contributed by atoms with Gasteiger partial charge in [0.2, 0.25) is 10.0 Å². The summed E-state index contributed by atoms with van der Waals surface area (Å²) in [6, 6.07) is 20.9. The number of fused-ring (bicyclic) bond motifs is 1. The lowest BCUT2D eigenvalue weighted by atomic mass is 9.84. The van der Waals surface area contributed by atoms with Crippen LogP contribution in [0.1, 0.15) is 62.1 Å². The second kappa shape index (κ2) is 11.7. The van der Waals surface area contributed by atoms with E-state index in [9.17, 15) is 13.5 Å². The second-order valence-corrected chi connectivity index (χ2v) is 12.3. The molecule has 1 aliphatic rings. The maximum absolute atomic E-state index is 14.3. The van der Waals surface area contributed by atoms with Crippen LogP contribution in [0.25, 0.3) is 0 Å². The van der Waals surface area contributed by atoms with Gasteiger partial charge in [-0.2, -0.15) is 4.31 Å². The summed E-state index contributed by atoms with van der Waals surface area (Å²) in [7, 11) is -2.26. The van der Waals surface area contributed by atoms with E-state index < -0.39 is 10.0 Å². The first kappa shape index (κ1) is 26.6. The first-order valence-electron chi connectivity index (χ1n) is 12.6. The summed E-state index contributed by atoms with van der Waals surface area (Å²) in [4.78, 5) is 0.933. The fourth-order valence-corrected chi connectivity index (χ4v) is 7.64. The minimum Gasteiger partial charge on any atom is -0.507 e. The van der Waals surface area contributed by atoms with E-state index in [1.807, 2.05) is 55.5 Å². The van der Waals surface area contributed by atoms with Gasteiger partial charge in [0.05, 0.1) is 12.0 Å². The molecule has 1 N–H and O–H groups in total. The van der Waals surface area contributed by atoms with Crippen LogP contribution in [0.15, 0.2) is 76.5 Å². The van der Waals surface area contributed by atoms with Gasteiger partial charge in [0, 0.05) is 29.5 Å². The van der Waals surface area contributed by atoms with Crippen LogP contribution in [0.2, 0.25) is 0 Å². The normalized spacial score (nSPS) is 19.4. The highest BCUT2D eigenvalue weighted by Gasteiger charge is 2.40. The maximum atomic E-state index is 14.3. The van der Waals surface area contributed by atoms with E-state index in [0.29, 0.717) is 6.42 Å². The van der Waals surface area contributed by atoms with Crippen molar-refractivity contribution >= 4 is 21.8 Å². The van der Waals surface area contributed by atoms with Crippen molar-refractivity contribution in [2.75, 3.05) is 12.9 Å². The summed E-state index contributed by atoms with van der Waals surface area (Å²) in [6.45, 7) is 4.43. The molecule has 2 unspecified atom stereocenters. The molecule has 4 rings (SSSR count). The SMILES string of the molecule is CCCCC1CC(c2ccccc2)c2cc(SCC)c(O)cc2S(=O)(=O)N1Cc1ccc(OC)cc1. The smallest absolute Gasteiger partial charge is 0.244 e. The highest BCUT2D eigenvalue weighted by atomic mass is 32.2. The van der Waals surface area contributed by atoms with Crippen LogP contribution in [-0.2, 0) is 16.6 Å². The molecule has 5 nitrogen and oxygen atoms in total. The van der Waals surface area contributed by atoms with E-state index in [1.165, 1.54) is 17.8 Å². The number of methoxy groups -OCH3 is 1. The Morgan fingerprint density at radius 1 is 1.06 bits per heavy atom. The Balaban J connectivity index is 1.88. The fourth-order valence-electron chi connectivity index (χ4n) is 5.00. The minimum atomic E-state index is -3.88. The Kier molecular flexibility index (Phi) is 8.65. The number of hydrogen-bond donors (Lipinski definition) is 1. The third-order valence-corrected chi connectivity index (χ3v) is 9.74. The van der Waals surface area contributed by atoms with Crippen molar-refractivity contribution in [3.8, 4) is 11.5 Å². The lowest BCUT2D eigenvalue weighted by Crippen LogP contribution is -2.39. The Hall–Kier alpha value is -2.48. The van der Waals surface area contributed by atoms with E-state index in [0.717, 1.165) is 52.4 Å². The third kappa shape index (κ3) is 5.58. The molecule has 0 aliphatic carbocycles. The number of rotatable bonds is 9. The second-order valence-electron chi connectivity index (χ2n) is 9.18. The molecule has 0 saturated heterocycles. The van der Waals surface area contributed by atoms with E-state index >= 15 is 0 Å². The number of benzene rings is 3. The molecule has 3 aromatic carbocycles. The van der Waals surface area contributed by atoms with Crippen molar-refractivity contribution in [1.82, 2.24) is 4.31 Å². The fraction of sp³-hybridized carbons (Fsp3) is 0.379. The molecule has 2 atom stereocenters. The monoisotopic (exact) mass is 525 g/mol. The molecule has 0 aromatic heterocycles. The molecule has 0 radical (unpaired) electrons. The van der Waals surface area contributed by atoms with E-state index in [4.69, 9.17) is 4.74 Å². The third-order valence-electron chi connectivity index (χ3n) is 6.86. The van der Waals surface area contributed by atoms with Gasteiger partial charge in [-0.15, -0.1) is 11.8 Å². The van der Waals surface area contributed by atoms with Crippen LogP contribution in [0.4, 0.5) is 0 Å². The number of phenolic OH excluding ortho intramolecular Hbond substituents is 1. The minimum absolute atomic E-state index is 0.0207. The van der Waals surface area contributed by atoms with Crippen LogP contribution in [0.3, 0.4) is 0 Å². The molecule has 7 heteroatoms. The van der Waals surface area contributed by atoms with Gasteiger partial charge in [-0.05, 0) is 53.5 Å². The van der Waals surface area contributed by atoms with Gasteiger partial charge in [-0.1, -0.05) is 69.2 Å². The van der Waals surface area contributed by atoms with Crippen LogP contribution in [-0.4, -0.2) is 36.7 Å². The lowest BCUT2D eigenvalue weighted by Gasteiger charge is -2.30. The molecule has 0 fully saturated rings. The number of sulfonamides is 1. The first-order valence-corrected chi connectivity index (χ1v) is 15.0. The van der Waals surface area contributed by atoms with E-state index in [1.54, 1.807) is 11.4 Å². The number of unbranched alkanes of at least 4 members (excludes halogenated alkanes) is 1. The Morgan fingerprint density at radius 3 is 2.42 bits per heavy atom. The van der Waals surface area contributed by atoms with Gasteiger partial charge in [-0.25, -0.2) is 8.42 Å². The molecule has 0 saturated carbocycles. The van der Waals surface area contributed by atoms with E-state index in [2.05, 4.69) is 19.1 Å². The molecule has 36 heavy (non-hydrogen) atoms. The van der Waals surface area contributed by atoms with Gasteiger partial charge in [0.1, 0.15) is 11.5 Å². The lowest BCUT2D eigenvalue weighted by molar-refractivity contribution is 0.276. The zero-order valence-electron chi connectivity index (χ0n) is 21.2. The highest BCUT2D eigenvalue weighted by molar-refractivity contribution is 7.99. The molecular formula is C29H35NO4S2. The predicted molar refractivity (Wildman–Crippen MR) is 146 cm³/mol. The number of nitrogens with zero attached hydrogens (tertiary/aromatic N) is 1. The van der Waals surface area contributed by atoms with Gasteiger partial charge >= 0.3 is 0 Å². The summed E-state index contributed by atoms with van der Waals surface area (Å²) in [6.07, 6.45) is 3.41. The Labute approximate surface area is 219 Å². The van der Waals surface area contributed by atoms with Crippen LogP contribution in [0.5, 0.6) is 11.5 Å². The average molecular weight is 526 g/mol. The van der Waals surface area contributed by atoms with Gasteiger partial charge in [0.25, 0.3) is 0 Å². The Morgan fingerprint density at radius 2 is 1.78 bits per heavy atom. The maximum Gasteiger partial charge on any atom is 0.244 e. The van der Waals surface area contributed by atoms with Crippen molar-refractivity contribution in [3.05, 3.63) is 83.4 Å². The van der Waals surface area contributed by atoms with Crippen molar-refractivity contribution in [2.45, 2.75) is 67.8 Å². The van der Waals surface area contributed by atoms with Crippen LogP contribution >= 0.6 is 11.8 Å².